The molecule has 108 valence electrons. The van der Waals surface area contributed by atoms with E-state index in [1.807, 2.05) is 0 Å². The standard InChI is InChI=1S/C18H19NOS/c20-11-10-19(14-17-8-4-12-21-17)13-16-7-3-6-15-5-1-2-9-18(15)16/h1-9,12,20H,10-11,13-14H2. The maximum Gasteiger partial charge on any atom is 0.0558 e. The average Bonchev–Trinajstić information content (AvgIpc) is 3.01. The Balaban J connectivity index is 1.83. The van der Waals surface area contributed by atoms with Crippen LogP contribution in [0.3, 0.4) is 0 Å². The Bertz CT molecular complexity index is 688. The first kappa shape index (κ1) is 14.3. The molecule has 0 saturated heterocycles. The van der Waals surface area contributed by atoms with Crippen LogP contribution in [0, 0.1) is 0 Å². The fraction of sp³-hybridized carbons (Fsp3) is 0.222. The van der Waals surface area contributed by atoms with Gasteiger partial charge in [-0.1, -0.05) is 48.5 Å². The van der Waals surface area contributed by atoms with Gasteiger partial charge in [-0.2, -0.15) is 0 Å². The van der Waals surface area contributed by atoms with Crippen LogP contribution in [-0.2, 0) is 13.1 Å². The largest absolute Gasteiger partial charge is 0.395 e. The highest BCUT2D eigenvalue weighted by Crippen LogP contribution is 2.21. The zero-order valence-corrected chi connectivity index (χ0v) is 12.7. The van der Waals surface area contributed by atoms with Crippen LogP contribution < -0.4 is 0 Å². The van der Waals surface area contributed by atoms with E-state index in [0.717, 1.165) is 13.1 Å². The minimum atomic E-state index is 0.191. The summed E-state index contributed by atoms with van der Waals surface area (Å²) in [6.45, 7) is 2.64. The first-order valence-corrected chi connectivity index (χ1v) is 8.07. The minimum Gasteiger partial charge on any atom is -0.395 e. The first-order valence-electron chi connectivity index (χ1n) is 7.19. The highest BCUT2D eigenvalue weighted by atomic mass is 32.1. The van der Waals surface area contributed by atoms with Crippen molar-refractivity contribution < 1.29 is 5.11 Å². The highest BCUT2D eigenvalue weighted by molar-refractivity contribution is 7.09. The summed E-state index contributed by atoms with van der Waals surface area (Å²) >= 11 is 1.77. The molecule has 0 aliphatic rings. The molecular formula is C18H19NOS. The lowest BCUT2D eigenvalue weighted by molar-refractivity contribution is 0.186. The zero-order valence-electron chi connectivity index (χ0n) is 11.9. The number of aliphatic hydroxyl groups is 1. The Labute approximate surface area is 129 Å². The predicted octanol–water partition coefficient (Wildman–Crippen LogP) is 3.90. The van der Waals surface area contributed by atoms with Gasteiger partial charge in [0.15, 0.2) is 0 Å². The quantitative estimate of drug-likeness (QED) is 0.746. The number of hydrogen-bond donors (Lipinski definition) is 1. The molecular weight excluding hydrogens is 278 g/mol. The van der Waals surface area contributed by atoms with Crippen molar-refractivity contribution in [2.75, 3.05) is 13.2 Å². The van der Waals surface area contributed by atoms with Gasteiger partial charge in [-0.05, 0) is 27.8 Å². The molecule has 3 rings (SSSR count). The second-order valence-corrected chi connectivity index (χ2v) is 6.18. The van der Waals surface area contributed by atoms with E-state index < -0.39 is 0 Å². The molecule has 1 aromatic heterocycles. The number of rotatable bonds is 6. The van der Waals surface area contributed by atoms with E-state index in [1.54, 1.807) is 11.3 Å². The Morgan fingerprint density at radius 1 is 0.905 bits per heavy atom. The van der Waals surface area contributed by atoms with Crippen LogP contribution in [0.4, 0.5) is 0 Å². The van der Waals surface area contributed by atoms with Gasteiger partial charge in [-0.3, -0.25) is 4.90 Å². The van der Waals surface area contributed by atoms with Gasteiger partial charge in [0.05, 0.1) is 6.61 Å². The molecule has 21 heavy (non-hydrogen) atoms. The highest BCUT2D eigenvalue weighted by Gasteiger charge is 2.09. The zero-order chi connectivity index (χ0) is 14.5. The van der Waals surface area contributed by atoms with Gasteiger partial charge in [0.25, 0.3) is 0 Å². The van der Waals surface area contributed by atoms with Gasteiger partial charge in [-0.15, -0.1) is 11.3 Å². The molecule has 0 unspecified atom stereocenters. The summed E-state index contributed by atoms with van der Waals surface area (Å²) in [7, 11) is 0. The smallest absolute Gasteiger partial charge is 0.0558 e. The number of benzene rings is 2. The normalized spacial score (nSPS) is 11.3. The molecule has 1 N–H and O–H groups in total. The van der Waals surface area contributed by atoms with Gasteiger partial charge < -0.3 is 5.11 Å². The molecule has 0 fully saturated rings. The molecule has 3 aromatic rings. The van der Waals surface area contributed by atoms with Crippen LogP contribution in [0.5, 0.6) is 0 Å². The van der Waals surface area contributed by atoms with Crippen LogP contribution in [-0.4, -0.2) is 23.2 Å². The van der Waals surface area contributed by atoms with Gasteiger partial charge in [-0.25, -0.2) is 0 Å². The Morgan fingerprint density at radius 2 is 1.76 bits per heavy atom. The summed E-state index contributed by atoms with van der Waals surface area (Å²) in [5.41, 5.74) is 1.32. The molecule has 0 aliphatic heterocycles. The van der Waals surface area contributed by atoms with Crippen molar-refractivity contribution >= 4 is 22.1 Å². The van der Waals surface area contributed by atoms with Crippen molar-refractivity contribution in [3.8, 4) is 0 Å². The second kappa shape index (κ2) is 6.85. The molecule has 0 radical (unpaired) electrons. The summed E-state index contributed by atoms with van der Waals surface area (Å²) in [5, 5.41) is 14.0. The number of nitrogens with zero attached hydrogens (tertiary/aromatic N) is 1. The van der Waals surface area contributed by atoms with Crippen molar-refractivity contribution in [2.24, 2.45) is 0 Å². The third kappa shape index (κ3) is 3.50. The lowest BCUT2D eigenvalue weighted by atomic mass is 10.0. The summed E-state index contributed by atoms with van der Waals surface area (Å²) in [5.74, 6) is 0. The van der Waals surface area contributed by atoms with Crippen molar-refractivity contribution in [1.82, 2.24) is 4.90 Å². The van der Waals surface area contributed by atoms with Crippen LogP contribution in [0.1, 0.15) is 10.4 Å². The molecule has 2 aromatic carbocycles. The molecule has 0 atom stereocenters. The van der Waals surface area contributed by atoms with Crippen LogP contribution in [0.15, 0.2) is 60.0 Å². The summed E-state index contributed by atoms with van der Waals surface area (Å²) in [6.07, 6.45) is 0. The maximum atomic E-state index is 9.32. The van der Waals surface area contributed by atoms with E-state index in [-0.39, 0.29) is 6.61 Å². The molecule has 0 aliphatic carbocycles. The summed E-state index contributed by atoms with van der Waals surface area (Å²) < 4.78 is 0. The van der Waals surface area contributed by atoms with Crippen molar-refractivity contribution in [1.29, 1.82) is 0 Å². The van der Waals surface area contributed by atoms with Gasteiger partial charge >= 0.3 is 0 Å². The van der Waals surface area contributed by atoms with E-state index >= 15 is 0 Å². The fourth-order valence-corrected chi connectivity index (χ4v) is 3.40. The molecule has 2 nitrogen and oxygen atoms in total. The minimum absolute atomic E-state index is 0.191. The Kier molecular flexibility index (Phi) is 4.65. The van der Waals surface area contributed by atoms with E-state index in [9.17, 15) is 5.11 Å². The van der Waals surface area contributed by atoms with Gasteiger partial charge in [0, 0.05) is 24.5 Å². The second-order valence-electron chi connectivity index (χ2n) is 5.15. The monoisotopic (exact) mass is 297 g/mol. The number of thiophene rings is 1. The molecule has 3 heteroatoms. The third-order valence-corrected chi connectivity index (χ3v) is 4.51. The summed E-state index contributed by atoms with van der Waals surface area (Å²) in [6, 6.07) is 19.1. The average molecular weight is 297 g/mol. The van der Waals surface area contributed by atoms with Crippen molar-refractivity contribution in [2.45, 2.75) is 13.1 Å². The third-order valence-electron chi connectivity index (χ3n) is 3.65. The number of aliphatic hydroxyl groups excluding tert-OH is 1. The van der Waals surface area contributed by atoms with E-state index in [2.05, 4.69) is 64.9 Å². The number of hydrogen-bond acceptors (Lipinski definition) is 3. The van der Waals surface area contributed by atoms with Crippen molar-refractivity contribution in [3.05, 3.63) is 70.4 Å². The topological polar surface area (TPSA) is 23.5 Å². The van der Waals surface area contributed by atoms with Gasteiger partial charge in [0.2, 0.25) is 0 Å². The van der Waals surface area contributed by atoms with Crippen LogP contribution in [0.2, 0.25) is 0 Å². The Hall–Kier alpha value is -1.68. The predicted molar refractivity (Wildman–Crippen MR) is 89.5 cm³/mol. The van der Waals surface area contributed by atoms with Gasteiger partial charge in [0.1, 0.15) is 0 Å². The summed E-state index contributed by atoms with van der Waals surface area (Å²) in [4.78, 5) is 3.64. The fourth-order valence-electron chi connectivity index (χ4n) is 2.65. The number of fused-ring (bicyclic) bond motifs is 1. The molecule has 0 saturated carbocycles. The van der Waals surface area contributed by atoms with E-state index in [0.29, 0.717) is 6.54 Å². The van der Waals surface area contributed by atoms with E-state index in [1.165, 1.54) is 21.2 Å². The lowest BCUT2D eigenvalue weighted by Crippen LogP contribution is -2.25. The van der Waals surface area contributed by atoms with Crippen molar-refractivity contribution in [3.63, 3.8) is 0 Å². The SMILES string of the molecule is OCCN(Cc1cccs1)Cc1cccc2ccccc12. The van der Waals surface area contributed by atoms with Crippen LogP contribution >= 0.6 is 11.3 Å². The molecule has 0 spiro atoms. The van der Waals surface area contributed by atoms with E-state index in [4.69, 9.17) is 0 Å². The lowest BCUT2D eigenvalue weighted by Gasteiger charge is -2.21. The van der Waals surface area contributed by atoms with Crippen LogP contribution in [0.25, 0.3) is 10.8 Å². The molecule has 1 heterocycles. The first-order chi connectivity index (χ1) is 10.4. The molecule has 0 amide bonds. The Morgan fingerprint density at radius 3 is 2.57 bits per heavy atom. The maximum absolute atomic E-state index is 9.32. The molecule has 0 bridgehead atoms.